The van der Waals surface area contributed by atoms with E-state index in [2.05, 4.69) is 21.3 Å². The molecule has 1 aromatic carbocycles. The van der Waals surface area contributed by atoms with Crippen molar-refractivity contribution in [1.82, 2.24) is 4.98 Å². The van der Waals surface area contributed by atoms with Crippen LogP contribution in [0.15, 0.2) is 42.6 Å². The summed E-state index contributed by atoms with van der Waals surface area (Å²) in [5.74, 6) is 0.484. The summed E-state index contributed by atoms with van der Waals surface area (Å²) < 4.78 is 5.34. The first-order chi connectivity index (χ1) is 12.2. The molecule has 1 saturated heterocycles. The topological polar surface area (TPSA) is 78.2 Å². The van der Waals surface area contributed by atoms with E-state index in [9.17, 15) is 4.79 Å². The molecule has 0 saturated carbocycles. The minimum atomic E-state index is -0.0732. The van der Waals surface area contributed by atoms with Crippen molar-refractivity contribution in [3.05, 3.63) is 53.7 Å². The Bertz CT molecular complexity index is 744. The molecule has 0 radical (unpaired) electrons. The van der Waals surface area contributed by atoms with Crippen LogP contribution in [0.4, 0.5) is 11.5 Å². The highest BCUT2D eigenvalue weighted by Crippen LogP contribution is 2.16. The number of hydrogen-bond acceptors (Lipinski definition) is 5. The first-order valence-corrected chi connectivity index (χ1v) is 8.32. The lowest BCUT2D eigenvalue weighted by Gasteiger charge is -2.28. The van der Waals surface area contributed by atoms with Gasteiger partial charge < -0.3 is 15.0 Å². The Morgan fingerprint density at radius 3 is 2.60 bits per heavy atom. The summed E-state index contributed by atoms with van der Waals surface area (Å²) in [6.07, 6.45) is 2.78. The maximum atomic E-state index is 12.1. The Balaban J connectivity index is 1.49. The zero-order chi connectivity index (χ0) is 17.5. The minimum Gasteiger partial charge on any atom is -0.378 e. The molecule has 128 valence electrons. The van der Waals surface area contributed by atoms with Gasteiger partial charge in [0.15, 0.2) is 0 Å². The lowest BCUT2D eigenvalue weighted by Crippen LogP contribution is -2.36. The molecule has 2 heterocycles. The molecule has 0 spiro atoms. The predicted octanol–water partition coefficient (Wildman–Crippen LogP) is 2.36. The molecular weight excluding hydrogens is 316 g/mol. The van der Waals surface area contributed by atoms with Crippen LogP contribution in [-0.2, 0) is 16.0 Å². The van der Waals surface area contributed by atoms with E-state index < -0.39 is 0 Å². The monoisotopic (exact) mass is 336 g/mol. The largest absolute Gasteiger partial charge is 0.378 e. The fraction of sp³-hybridized carbons (Fsp3) is 0.316. The van der Waals surface area contributed by atoms with Crippen molar-refractivity contribution in [1.29, 1.82) is 5.26 Å². The number of rotatable bonds is 5. The number of nitriles is 1. The molecule has 6 heteroatoms. The van der Waals surface area contributed by atoms with E-state index in [1.165, 1.54) is 0 Å². The smallest absolute Gasteiger partial charge is 0.225 e. The van der Waals surface area contributed by atoms with Gasteiger partial charge in [-0.3, -0.25) is 4.79 Å². The van der Waals surface area contributed by atoms with Gasteiger partial charge in [-0.1, -0.05) is 12.1 Å². The van der Waals surface area contributed by atoms with Gasteiger partial charge in [0.1, 0.15) is 5.82 Å². The number of carbonyl (C=O) groups is 1. The van der Waals surface area contributed by atoms with E-state index >= 15 is 0 Å². The zero-order valence-corrected chi connectivity index (χ0v) is 13.9. The van der Waals surface area contributed by atoms with Crippen molar-refractivity contribution in [2.75, 3.05) is 36.5 Å². The summed E-state index contributed by atoms with van der Waals surface area (Å²) >= 11 is 0. The number of nitrogens with zero attached hydrogens (tertiary/aromatic N) is 3. The van der Waals surface area contributed by atoms with Gasteiger partial charge in [-0.2, -0.15) is 5.26 Å². The second-order valence-electron chi connectivity index (χ2n) is 5.86. The average molecular weight is 336 g/mol. The van der Waals surface area contributed by atoms with E-state index in [1.54, 1.807) is 18.3 Å². The Morgan fingerprint density at radius 2 is 1.96 bits per heavy atom. The number of amides is 1. The average Bonchev–Trinajstić information content (AvgIpc) is 2.68. The molecule has 0 bridgehead atoms. The predicted molar refractivity (Wildman–Crippen MR) is 95.4 cm³/mol. The molecule has 1 aromatic heterocycles. The highest BCUT2D eigenvalue weighted by molar-refractivity contribution is 5.89. The third-order valence-corrected chi connectivity index (χ3v) is 4.12. The number of aryl methyl sites for hydroxylation is 1. The Labute approximate surface area is 147 Å². The molecule has 1 aliphatic heterocycles. The van der Waals surface area contributed by atoms with Crippen LogP contribution in [0, 0.1) is 11.3 Å². The summed E-state index contributed by atoms with van der Waals surface area (Å²) in [6.45, 7) is 3.18. The highest BCUT2D eigenvalue weighted by Gasteiger charge is 2.11. The number of hydrogen-bond donors (Lipinski definition) is 1. The van der Waals surface area contributed by atoms with Gasteiger partial charge in [0, 0.05) is 19.5 Å². The molecule has 6 nitrogen and oxygen atoms in total. The Hall–Kier alpha value is -2.91. The molecule has 0 atom stereocenters. The summed E-state index contributed by atoms with van der Waals surface area (Å²) in [5.41, 5.74) is 2.70. The summed E-state index contributed by atoms with van der Waals surface area (Å²) in [6, 6.07) is 13.2. The molecule has 1 amide bonds. The number of anilines is 2. The van der Waals surface area contributed by atoms with Crippen molar-refractivity contribution in [3.63, 3.8) is 0 Å². The first kappa shape index (κ1) is 16.9. The van der Waals surface area contributed by atoms with Crippen LogP contribution >= 0.6 is 0 Å². The number of carbonyl (C=O) groups excluding carboxylic acids is 1. The lowest BCUT2D eigenvalue weighted by molar-refractivity contribution is -0.116. The van der Waals surface area contributed by atoms with E-state index in [0.717, 1.165) is 37.6 Å². The summed E-state index contributed by atoms with van der Waals surface area (Å²) in [4.78, 5) is 18.6. The molecule has 1 fully saturated rings. The standard InChI is InChI=1S/C19H20N4O2/c20-13-16-3-1-15(2-4-16)5-8-19(24)22-18-7-6-17(14-21-18)23-9-11-25-12-10-23/h1-4,6-7,14H,5,8-12H2,(H,21,22,24). The van der Waals surface area contributed by atoms with Gasteiger partial charge in [0.25, 0.3) is 0 Å². The third-order valence-electron chi connectivity index (χ3n) is 4.12. The molecule has 25 heavy (non-hydrogen) atoms. The van der Waals surface area contributed by atoms with Crippen LogP contribution in [0.5, 0.6) is 0 Å². The van der Waals surface area contributed by atoms with Crippen LogP contribution in [0.25, 0.3) is 0 Å². The number of morpholine rings is 1. The molecule has 1 aliphatic rings. The maximum absolute atomic E-state index is 12.1. The van der Waals surface area contributed by atoms with E-state index in [0.29, 0.717) is 24.2 Å². The molecular formula is C19H20N4O2. The maximum Gasteiger partial charge on any atom is 0.225 e. The quantitative estimate of drug-likeness (QED) is 0.907. The Morgan fingerprint density at radius 1 is 1.20 bits per heavy atom. The number of benzene rings is 1. The fourth-order valence-corrected chi connectivity index (χ4v) is 2.68. The SMILES string of the molecule is N#Cc1ccc(CCC(=O)Nc2ccc(N3CCOCC3)cn2)cc1. The Kier molecular flexibility index (Phi) is 5.60. The van der Waals surface area contributed by atoms with Gasteiger partial charge in [0.05, 0.1) is 36.7 Å². The van der Waals surface area contributed by atoms with Gasteiger partial charge in [-0.25, -0.2) is 4.98 Å². The molecule has 0 unspecified atom stereocenters. The molecule has 2 aromatic rings. The van der Waals surface area contributed by atoms with E-state index in [4.69, 9.17) is 10.00 Å². The van der Waals surface area contributed by atoms with E-state index in [1.807, 2.05) is 24.3 Å². The fourth-order valence-electron chi connectivity index (χ4n) is 2.68. The minimum absolute atomic E-state index is 0.0732. The number of pyridine rings is 1. The van der Waals surface area contributed by atoms with Gasteiger partial charge in [0.2, 0.25) is 5.91 Å². The van der Waals surface area contributed by atoms with Crippen molar-refractivity contribution >= 4 is 17.4 Å². The van der Waals surface area contributed by atoms with Crippen molar-refractivity contribution in [3.8, 4) is 6.07 Å². The highest BCUT2D eigenvalue weighted by atomic mass is 16.5. The van der Waals surface area contributed by atoms with Gasteiger partial charge in [-0.05, 0) is 36.2 Å². The van der Waals surface area contributed by atoms with Crippen LogP contribution < -0.4 is 10.2 Å². The van der Waals surface area contributed by atoms with E-state index in [-0.39, 0.29) is 5.91 Å². The third kappa shape index (κ3) is 4.78. The second-order valence-corrected chi connectivity index (χ2v) is 5.86. The van der Waals surface area contributed by atoms with Crippen LogP contribution in [0.1, 0.15) is 17.5 Å². The first-order valence-electron chi connectivity index (χ1n) is 8.32. The summed E-state index contributed by atoms with van der Waals surface area (Å²) in [5, 5.41) is 11.6. The van der Waals surface area contributed by atoms with Crippen LogP contribution in [0.2, 0.25) is 0 Å². The van der Waals surface area contributed by atoms with Crippen molar-refractivity contribution < 1.29 is 9.53 Å². The van der Waals surface area contributed by atoms with Crippen molar-refractivity contribution in [2.24, 2.45) is 0 Å². The molecule has 3 rings (SSSR count). The van der Waals surface area contributed by atoms with Crippen LogP contribution in [-0.4, -0.2) is 37.2 Å². The second kappa shape index (κ2) is 8.27. The molecule has 0 aliphatic carbocycles. The van der Waals surface area contributed by atoms with Gasteiger partial charge >= 0.3 is 0 Å². The number of nitrogens with one attached hydrogen (secondary N) is 1. The number of aromatic nitrogens is 1. The molecule has 1 N–H and O–H groups in total. The summed E-state index contributed by atoms with van der Waals surface area (Å²) in [7, 11) is 0. The zero-order valence-electron chi connectivity index (χ0n) is 13.9. The lowest BCUT2D eigenvalue weighted by atomic mass is 10.1. The number of ether oxygens (including phenoxy) is 1. The normalized spacial score (nSPS) is 14.0. The van der Waals surface area contributed by atoms with Gasteiger partial charge in [-0.15, -0.1) is 0 Å². The van der Waals surface area contributed by atoms with Crippen molar-refractivity contribution in [2.45, 2.75) is 12.8 Å². The van der Waals surface area contributed by atoms with Crippen LogP contribution in [0.3, 0.4) is 0 Å².